The molecule has 0 aliphatic heterocycles. The number of guanidine groups is 1. The SMILES string of the molecule is N=C(N)NCCc1c(Nc2ccc(Cl)c(Cl)c2)ccc2c1[nH]c1ccc(Cl)cc12. The molecule has 0 unspecified atom stereocenters. The van der Waals surface area contributed by atoms with Gasteiger partial charge in [0.25, 0.3) is 0 Å². The van der Waals surface area contributed by atoms with E-state index in [9.17, 15) is 0 Å². The Kier molecular flexibility index (Phi) is 5.46. The summed E-state index contributed by atoms with van der Waals surface area (Å²) in [6.07, 6.45) is 0.654. The maximum absolute atomic E-state index is 7.41. The van der Waals surface area contributed by atoms with Gasteiger partial charge in [0.05, 0.1) is 15.6 Å². The number of aromatic nitrogens is 1. The molecular formula is C21H18Cl3N5. The molecule has 0 saturated heterocycles. The summed E-state index contributed by atoms with van der Waals surface area (Å²) in [4.78, 5) is 3.50. The first kappa shape index (κ1) is 19.7. The molecule has 0 radical (unpaired) electrons. The monoisotopic (exact) mass is 445 g/mol. The van der Waals surface area contributed by atoms with Crippen LogP contribution in [0.2, 0.25) is 15.1 Å². The van der Waals surface area contributed by atoms with E-state index >= 15 is 0 Å². The molecule has 0 aliphatic carbocycles. The number of rotatable bonds is 5. The van der Waals surface area contributed by atoms with E-state index in [0.717, 1.165) is 38.7 Å². The summed E-state index contributed by atoms with van der Waals surface area (Å²) >= 11 is 18.4. The lowest BCUT2D eigenvalue weighted by molar-refractivity contribution is 0.858. The summed E-state index contributed by atoms with van der Waals surface area (Å²) in [6.45, 7) is 0.528. The molecule has 29 heavy (non-hydrogen) atoms. The lowest BCUT2D eigenvalue weighted by atomic mass is 10.0. The summed E-state index contributed by atoms with van der Waals surface area (Å²) in [5.41, 5.74) is 10.3. The number of hydrogen-bond acceptors (Lipinski definition) is 2. The number of benzene rings is 3. The predicted octanol–water partition coefficient (Wildman–Crippen LogP) is 6.05. The fourth-order valence-electron chi connectivity index (χ4n) is 3.43. The number of fused-ring (bicyclic) bond motifs is 3. The van der Waals surface area contributed by atoms with Crippen molar-refractivity contribution in [3.05, 3.63) is 69.2 Å². The van der Waals surface area contributed by atoms with Gasteiger partial charge in [0.15, 0.2) is 5.96 Å². The highest BCUT2D eigenvalue weighted by Crippen LogP contribution is 2.35. The highest BCUT2D eigenvalue weighted by Gasteiger charge is 2.14. The maximum Gasteiger partial charge on any atom is 0.185 e. The van der Waals surface area contributed by atoms with Crippen LogP contribution < -0.4 is 16.4 Å². The molecule has 4 aromatic rings. The Labute approximate surface area is 182 Å². The van der Waals surface area contributed by atoms with Gasteiger partial charge in [-0.15, -0.1) is 0 Å². The average molecular weight is 447 g/mol. The number of anilines is 2. The minimum atomic E-state index is -0.0559. The zero-order chi connectivity index (χ0) is 20.5. The third kappa shape index (κ3) is 4.08. The lowest BCUT2D eigenvalue weighted by Gasteiger charge is -2.14. The van der Waals surface area contributed by atoms with Crippen molar-refractivity contribution < 1.29 is 0 Å². The fourth-order valence-corrected chi connectivity index (χ4v) is 3.90. The first-order chi connectivity index (χ1) is 13.9. The van der Waals surface area contributed by atoms with Crippen LogP contribution in [0, 0.1) is 5.41 Å². The number of hydrogen-bond donors (Lipinski definition) is 5. The molecule has 6 N–H and O–H groups in total. The van der Waals surface area contributed by atoms with E-state index in [-0.39, 0.29) is 5.96 Å². The molecule has 4 rings (SSSR count). The summed E-state index contributed by atoms with van der Waals surface area (Å²) in [5, 5.41) is 17.5. The molecule has 1 heterocycles. The highest BCUT2D eigenvalue weighted by molar-refractivity contribution is 6.42. The number of aromatic amines is 1. The van der Waals surface area contributed by atoms with Crippen molar-refractivity contribution >= 4 is 73.9 Å². The van der Waals surface area contributed by atoms with Crippen LogP contribution in [0.15, 0.2) is 48.5 Å². The van der Waals surface area contributed by atoms with Gasteiger partial charge in [-0.3, -0.25) is 5.41 Å². The van der Waals surface area contributed by atoms with Crippen LogP contribution in [0.3, 0.4) is 0 Å². The third-order valence-electron chi connectivity index (χ3n) is 4.73. The summed E-state index contributed by atoms with van der Waals surface area (Å²) < 4.78 is 0. The van der Waals surface area contributed by atoms with Crippen molar-refractivity contribution in [3.8, 4) is 0 Å². The zero-order valence-corrected chi connectivity index (χ0v) is 17.5. The van der Waals surface area contributed by atoms with E-state index in [1.807, 2.05) is 30.3 Å². The fraction of sp³-hybridized carbons (Fsp3) is 0.0952. The highest BCUT2D eigenvalue weighted by atomic mass is 35.5. The van der Waals surface area contributed by atoms with Gasteiger partial charge in [-0.1, -0.05) is 40.9 Å². The van der Waals surface area contributed by atoms with E-state index in [0.29, 0.717) is 28.0 Å². The summed E-state index contributed by atoms with van der Waals surface area (Å²) in [5.74, 6) is -0.0559. The molecule has 3 aromatic carbocycles. The quantitative estimate of drug-likeness (QED) is 0.191. The molecule has 148 valence electrons. The van der Waals surface area contributed by atoms with Crippen LogP contribution in [-0.2, 0) is 6.42 Å². The third-order valence-corrected chi connectivity index (χ3v) is 5.71. The van der Waals surface area contributed by atoms with Crippen LogP contribution in [0.25, 0.3) is 21.8 Å². The zero-order valence-electron chi connectivity index (χ0n) is 15.2. The van der Waals surface area contributed by atoms with E-state index in [1.54, 1.807) is 12.1 Å². The number of nitrogens with two attached hydrogens (primary N) is 1. The minimum Gasteiger partial charge on any atom is -0.370 e. The molecular weight excluding hydrogens is 429 g/mol. The average Bonchev–Trinajstić information content (AvgIpc) is 3.04. The van der Waals surface area contributed by atoms with Crippen LogP contribution in [0.1, 0.15) is 5.56 Å². The maximum atomic E-state index is 7.41. The van der Waals surface area contributed by atoms with E-state index in [1.165, 1.54) is 0 Å². The second kappa shape index (κ2) is 8.03. The minimum absolute atomic E-state index is 0.0559. The first-order valence-corrected chi connectivity index (χ1v) is 10.1. The Bertz CT molecular complexity index is 1230. The van der Waals surface area contributed by atoms with Crippen molar-refractivity contribution in [2.45, 2.75) is 6.42 Å². The Hall–Kier alpha value is -2.60. The molecule has 0 fully saturated rings. The van der Waals surface area contributed by atoms with E-state index in [2.05, 4.69) is 21.7 Å². The Morgan fingerprint density at radius 1 is 0.966 bits per heavy atom. The van der Waals surface area contributed by atoms with Crippen molar-refractivity contribution in [1.29, 1.82) is 5.41 Å². The molecule has 8 heteroatoms. The van der Waals surface area contributed by atoms with E-state index < -0.39 is 0 Å². The van der Waals surface area contributed by atoms with Crippen LogP contribution >= 0.6 is 34.8 Å². The molecule has 0 bridgehead atoms. The van der Waals surface area contributed by atoms with Gasteiger partial charge in [0.2, 0.25) is 0 Å². The number of halogens is 3. The largest absolute Gasteiger partial charge is 0.370 e. The van der Waals surface area contributed by atoms with Gasteiger partial charge in [-0.25, -0.2) is 0 Å². The van der Waals surface area contributed by atoms with Crippen LogP contribution in [-0.4, -0.2) is 17.5 Å². The number of nitrogens with one attached hydrogen (secondary N) is 4. The van der Waals surface area contributed by atoms with Crippen molar-refractivity contribution in [2.75, 3.05) is 11.9 Å². The Morgan fingerprint density at radius 2 is 1.79 bits per heavy atom. The number of H-pyrrole nitrogens is 1. The van der Waals surface area contributed by atoms with Crippen LogP contribution in [0.4, 0.5) is 11.4 Å². The molecule has 0 spiro atoms. The summed E-state index contributed by atoms with van der Waals surface area (Å²) in [6, 6.07) is 15.3. The molecule has 0 aliphatic rings. The topological polar surface area (TPSA) is 89.7 Å². The first-order valence-electron chi connectivity index (χ1n) is 8.95. The molecule has 5 nitrogen and oxygen atoms in total. The van der Waals surface area contributed by atoms with Crippen molar-refractivity contribution in [3.63, 3.8) is 0 Å². The van der Waals surface area contributed by atoms with Gasteiger partial charge in [-0.05, 0) is 48.9 Å². The smallest absolute Gasteiger partial charge is 0.185 e. The molecule has 0 atom stereocenters. The Morgan fingerprint density at radius 3 is 2.55 bits per heavy atom. The Balaban J connectivity index is 1.82. The molecule has 1 aromatic heterocycles. The van der Waals surface area contributed by atoms with Crippen LogP contribution in [0.5, 0.6) is 0 Å². The normalized spacial score (nSPS) is 11.1. The summed E-state index contributed by atoms with van der Waals surface area (Å²) in [7, 11) is 0. The van der Waals surface area contributed by atoms with Crippen molar-refractivity contribution in [1.82, 2.24) is 10.3 Å². The van der Waals surface area contributed by atoms with E-state index in [4.69, 9.17) is 45.9 Å². The predicted molar refractivity (Wildman–Crippen MR) is 124 cm³/mol. The van der Waals surface area contributed by atoms with Gasteiger partial charge in [0.1, 0.15) is 0 Å². The van der Waals surface area contributed by atoms with Crippen molar-refractivity contribution in [2.24, 2.45) is 5.73 Å². The van der Waals surface area contributed by atoms with Gasteiger partial charge >= 0.3 is 0 Å². The second-order valence-electron chi connectivity index (χ2n) is 6.67. The van der Waals surface area contributed by atoms with Gasteiger partial charge < -0.3 is 21.4 Å². The van der Waals surface area contributed by atoms with Gasteiger partial charge in [-0.2, -0.15) is 0 Å². The molecule has 0 saturated carbocycles. The molecule has 0 amide bonds. The lowest BCUT2D eigenvalue weighted by Crippen LogP contribution is -2.31. The van der Waals surface area contributed by atoms with Gasteiger partial charge in [0, 0.05) is 44.8 Å². The standard InChI is InChI=1S/C21H18Cl3N5/c22-11-1-5-19-15(9-11)13-3-6-18(28-12-2-4-16(23)17(24)10-12)14(20(13)29-19)7-8-27-21(25)26/h1-6,9-10,28-29H,7-8H2,(H4,25,26,27). The second-order valence-corrected chi connectivity index (χ2v) is 7.92.